The molecule has 0 bridgehead atoms. The van der Waals surface area contributed by atoms with Crippen LogP contribution in [-0.4, -0.2) is 11.9 Å². The lowest BCUT2D eigenvalue weighted by Crippen LogP contribution is -2.25. The number of benzene rings is 2. The average molecular weight is 355 g/mol. The van der Waals surface area contributed by atoms with Crippen molar-refractivity contribution in [2.75, 3.05) is 0 Å². The van der Waals surface area contributed by atoms with Gasteiger partial charge in [0.1, 0.15) is 17.4 Å². The van der Waals surface area contributed by atoms with Crippen molar-refractivity contribution in [2.45, 2.75) is 20.0 Å². The fourth-order valence-corrected chi connectivity index (χ4v) is 2.10. The van der Waals surface area contributed by atoms with Gasteiger partial charge in [0.15, 0.2) is 6.10 Å². The lowest BCUT2D eigenvalue weighted by molar-refractivity contribution is 0.0813. The Kier molecular flexibility index (Phi) is 4.73. The molecule has 0 heterocycles. The van der Waals surface area contributed by atoms with Crippen LogP contribution in [0.25, 0.3) is 0 Å². The van der Waals surface area contributed by atoms with Gasteiger partial charge in [0.25, 0.3) is 0 Å². The van der Waals surface area contributed by atoms with Crippen molar-refractivity contribution >= 4 is 21.7 Å². The molecule has 110 valence electrons. The predicted octanol–water partition coefficient (Wildman–Crippen LogP) is 4.69. The number of Topliss-reactive ketones (excluding diaryl/α,β-unsaturated/α-hetero) is 1. The van der Waals surface area contributed by atoms with E-state index < -0.39 is 23.5 Å². The largest absolute Gasteiger partial charge is 0.483 e. The standard InChI is InChI=1S/C16H13BrF2O2/c1-9-7-12(4-6-14(9)17)21-10(2)16(20)13-5-3-11(18)8-15(13)19/h3-8,10H,1-2H3. The van der Waals surface area contributed by atoms with Gasteiger partial charge in [-0.3, -0.25) is 4.79 Å². The van der Waals surface area contributed by atoms with E-state index in [9.17, 15) is 13.6 Å². The highest BCUT2D eigenvalue weighted by molar-refractivity contribution is 9.10. The molecule has 0 N–H and O–H groups in total. The van der Waals surface area contributed by atoms with Crippen molar-refractivity contribution in [1.82, 2.24) is 0 Å². The first-order valence-electron chi connectivity index (χ1n) is 6.30. The quantitative estimate of drug-likeness (QED) is 0.744. The highest BCUT2D eigenvalue weighted by Gasteiger charge is 2.20. The van der Waals surface area contributed by atoms with Crippen LogP contribution >= 0.6 is 15.9 Å². The van der Waals surface area contributed by atoms with Crippen LogP contribution in [-0.2, 0) is 0 Å². The van der Waals surface area contributed by atoms with E-state index in [0.29, 0.717) is 11.8 Å². The van der Waals surface area contributed by atoms with Gasteiger partial charge in [0.05, 0.1) is 5.56 Å². The summed E-state index contributed by atoms with van der Waals surface area (Å²) in [6.07, 6.45) is -0.870. The number of rotatable bonds is 4. The van der Waals surface area contributed by atoms with Crippen LogP contribution < -0.4 is 4.74 Å². The van der Waals surface area contributed by atoms with Crippen LogP contribution in [0.2, 0.25) is 0 Å². The number of ether oxygens (including phenoxy) is 1. The van der Waals surface area contributed by atoms with Gasteiger partial charge in [-0.15, -0.1) is 0 Å². The van der Waals surface area contributed by atoms with Gasteiger partial charge in [-0.25, -0.2) is 8.78 Å². The van der Waals surface area contributed by atoms with Gasteiger partial charge < -0.3 is 4.74 Å². The third kappa shape index (κ3) is 3.67. The second-order valence-corrected chi connectivity index (χ2v) is 5.51. The zero-order valence-corrected chi connectivity index (χ0v) is 13.1. The van der Waals surface area contributed by atoms with Gasteiger partial charge in [-0.1, -0.05) is 15.9 Å². The maximum atomic E-state index is 13.6. The third-order valence-electron chi connectivity index (χ3n) is 3.01. The molecule has 1 atom stereocenters. The number of hydrogen-bond acceptors (Lipinski definition) is 2. The van der Waals surface area contributed by atoms with E-state index in [1.807, 2.05) is 6.92 Å². The second kappa shape index (κ2) is 6.35. The highest BCUT2D eigenvalue weighted by Crippen LogP contribution is 2.23. The van der Waals surface area contributed by atoms with Crippen molar-refractivity contribution in [3.8, 4) is 5.75 Å². The molecule has 0 aromatic heterocycles. The number of carbonyl (C=O) groups is 1. The molecule has 0 saturated carbocycles. The molecule has 2 nitrogen and oxygen atoms in total. The van der Waals surface area contributed by atoms with Gasteiger partial charge in [-0.05, 0) is 49.7 Å². The third-order valence-corrected chi connectivity index (χ3v) is 3.90. The maximum Gasteiger partial charge on any atom is 0.205 e. The zero-order chi connectivity index (χ0) is 15.6. The molecule has 2 aromatic rings. The summed E-state index contributed by atoms with van der Waals surface area (Å²) in [5.74, 6) is -1.63. The Bertz CT molecular complexity index is 686. The van der Waals surface area contributed by atoms with Crippen molar-refractivity contribution < 1.29 is 18.3 Å². The van der Waals surface area contributed by atoms with Crippen LogP contribution in [0.3, 0.4) is 0 Å². The van der Waals surface area contributed by atoms with E-state index in [-0.39, 0.29) is 5.56 Å². The van der Waals surface area contributed by atoms with E-state index >= 15 is 0 Å². The molecule has 0 aliphatic carbocycles. The molecule has 1 unspecified atom stereocenters. The first-order valence-corrected chi connectivity index (χ1v) is 7.10. The van der Waals surface area contributed by atoms with Crippen molar-refractivity contribution in [3.05, 3.63) is 63.6 Å². The van der Waals surface area contributed by atoms with E-state index in [0.717, 1.165) is 22.2 Å². The summed E-state index contributed by atoms with van der Waals surface area (Å²) < 4.78 is 32.9. The Hall–Kier alpha value is -1.75. The molecule has 2 rings (SSSR count). The van der Waals surface area contributed by atoms with E-state index in [4.69, 9.17) is 4.74 Å². The molecule has 2 aromatic carbocycles. The van der Waals surface area contributed by atoms with E-state index in [1.54, 1.807) is 18.2 Å². The van der Waals surface area contributed by atoms with Crippen molar-refractivity contribution in [2.24, 2.45) is 0 Å². The van der Waals surface area contributed by atoms with Gasteiger partial charge in [-0.2, -0.15) is 0 Å². The molecule has 0 aliphatic rings. The van der Waals surface area contributed by atoms with E-state index in [1.165, 1.54) is 6.92 Å². The zero-order valence-electron chi connectivity index (χ0n) is 11.5. The molecule has 0 fully saturated rings. The minimum Gasteiger partial charge on any atom is -0.483 e. The fraction of sp³-hybridized carbons (Fsp3) is 0.188. The van der Waals surface area contributed by atoms with Crippen molar-refractivity contribution in [1.29, 1.82) is 0 Å². The normalized spacial score (nSPS) is 12.0. The first kappa shape index (κ1) is 15.6. The van der Waals surface area contributed by atoms with Crippen LogP contribution in [0.15, 0.2) is 40.9 Å². The number of hydrogen-bond donors (Lipinski definition) is 0. The SMILES string of the molecule is Cc1cc(OC(C)C(=O)c2ccc(F)cc2F)ccc1Br. The molecule has 21 heavy (non-hydrogen) atoms. The molecule has 0 amide bonds. The Labute approximate surface area is 129 Å². The topological polar surface area (TPSA) is 26.3 Å². The summed E-state index contributed by atoms with van der Waals surface area (Å²) in [7, 11) is 0. The molecular weight excluding hydrogens is 342 g/mol. The molecule has 0 saturated heterocycles. The summed E-state index contributed by atoms with van der Waals surface area (Å²) in [5, 5.41) is 0. The number of ketones is 1. The smallest absolute Gasteiger partial charge is 0.205 e. The minimum absolute atomic E-state index is 0.183. The summed E-state index contributed by atoms with van der Waals surface area (Å²) in [6, 6.07) is 8.15. The number of halogens is 3. The minimum atomic E-state index is -0.887. The Morgan fingerprint density at radius 3 is 2.52 bits per heavy atom. The second-order valence-electron chi connectivity index (χ2n) is 4.66. The van der Waals surface area contributed by atoms with Gasteiger partial charge >= 0.3 is 0 Å². The van der Waals surface area contributed by atoms with Crippen LogP contribution in [0.5, 0.6) is 5.75 Å². The summed E-state index contributed by atoms with van der Waals surface area (Å²) in [4.78, 5) is 12.1. The molecule has 0 aliphatic heterocycles. The van der Waals surface area contributed by atoms with E-state index in [2.05, 4.69) is 15.9 Å². The number of carbonyl (C=O) groups excluding carboxylic acids is 1. The Balaban J connectivity index is 2.17. The molecule has 0 spiro atoms. The number of aryl methyl sites for hydroxylation is 1. The van der Waals surface area contributed by atoms with Gasteiger partial charge in [0.2, 0.25) is 5.78 Å². The van der Waals surface area contributed by atoms with Crippen LogP contribution in [0.4, 0.5) is 8.78 Å². The van der Waals surface area contributed by atoms with Crippen LogP contribution in [0.1, 0.15) is 22.8 Å². The maximum absolute atomic E-state index is 13.6. The van der Waals surface area contributed by atoms with Gasteiger partial charge in [0, 0.05) is 10.5 Å². The van der Waals surface area contributed by atoms with Crippen LogP contribution in [0, 0.1) is 18.6 Å². The lowest BCUT2D eigenvalue weighted by Gasteiger charge is -2.15. The first-order chi connectivity index (χ1) is 9.88. The monoisotopic (exact) mass is 354 g/mol. The Morgan fingerprint density at radius 2 is 1.90 bits per heavy atom. The van der Waals surface area contributed by atoms with Crippen molar-refractivity contribution in [3.63, 3.8) is 0 Å². The molecular formula is C16H13BrF2O2. The molecule has 0 radical (unpaired) electrons. The summed E-state index contributed by atoms with van der Waals surface area (Å²) in [5.41, 5.74) is 0.776. The predicted molar refractivity (Wildman–Crippen MR) is 79.7 cm³/mol. The highest BCUT2D eigenvalue weighted by atomic mass is 79.9. The summed E-state index contributed by atoms with van der Waals surface area (Å²) in [6.45, 7) is 3.42. The summed E-state index contributed by atoms with van der Waals surface area (Å²) >= 11 is 3.37. The average Bonchev–Trinajstić information content (AvgIpc) is 2.42. The molecule has 5 heteroatoms. The fourth-order valence-electron chi connectivity index (χ4n) is 1.86. The lowest BCUT2D eigenvalue weighted by atomic mass is 10.1. The Morgan fingerprint density at radius 1 is 1.19 bits per heavy atom.